The fraction of sp³-hybridized carbons (Fsp3) is 1.00. The van der Waals surface area contributed by atoms with Gasteiger partial charge in [-0.05, 0) is 32.1 Å². The van der Waals surface area contributed by atoms with E-state index in [1.807, 2.05) is 0 Å². The van der Waals surface area contributed by atoms with Gasteiger partial charge in [0.15, 0.2) is 0 Å². The summed E-state index contributed by atoms with van der Waals surface area (Å²) in [7, 11) is 0. The molecule has 4 atom stereocenters. The highest BCUT2D eigenvalue weighted by atomic mass is 16.5. The lowest BCUT2D eigenvalue weighted by Crippen LogP contribution is -2.71. The van der Waals surface area contributed by atoms with E-state index in [2.05, 4.69) is 5.32 Å². The summed E-state index contributed by atoms with van der Waals surface area (Å²) in [6.07, 6.45) is 7.78. The van der Waals surface area contributed by atoms with Crippen LogP contribution >= 0.6 is 0 Å². The molecule has 0 aromatic rings. The van der Waals surface area contributed by atoms with Crippen molar-refractivity contribution in [3.8, 4) is 0 Å². The van der Waals surface area contributed by atoms with Crippen LogP contribution in [0.25, 0.3) is 0 Å². The summed E-state index contributed by atoms with van der Waals surface area (Å²) in [5, 5.41) is 13.2. The number of fused-ring (bicyclic) bond motifs is 2. The van der Waals surface area contributed by atoms with Crippen molar-refractivity contribution in [2.75, 3.05) is 33.0 Å². The Hall–Kier alpha value is -0.160. The van der Waals surface area contributed by atoms with E-state index < -0.39 is 0 Å². The minimum atomic E-state index is 0.171. The fourth-order valence-electron chi connectivity index (χ4n) is 5.20. The molecule has 4 nitrogen and oxygen atoms in total. The molecule has 4 fully saturated rings. The molecule has 2 aliphatic heterocycles. The van der Waals surface area contributed by atoms with Crippen molar-refractivity contribution in [2.24, 2.45) is 16.7 Å². The zero-order valence-electron chi connectivity index (χ0n) is 12.3. The van der Waals surface area contributed by atoms with Crippen LogP contribution in [0.1, 0.15) is 38.5 Å². The average Bonchev–Trinajstić information content (AvgIpc) is 2.98. The standard InChI is InChI=1S/C16H27NO3/c18-7-5-15(6-9-19-11-15)10-17-13-12-2-8-20-14(12)16(13)3-1-4-16/h12-14,17-18H,1-11H2. The first kappa shape index (κ1) is 13.5. The number of hydrogen-bond acceptors (Lipinski definition) is 4. The summed E-state index contributed by atoms with van der Waals surface area (Å²) in [6, 6.07) is 0.653. The van der Waals surface area contributed by atoms with Gasteiger partial charge in [0.05, 0.1) is 12.7 Å². The van der Waals surface area contributed by atoms with Crippen molar-refractivity contribution in [1.82, 2.24) is 5.32 Å². The van der Waals surface area contributed by atoms with Crippen LogP contribution in [-0.2, 0) is 9.47 Å². The van der Waals surface area contributed by atoms with Crippen LogP contribution in [0.3, 0.4) is 0 Å². The van der Waals surface area contributed by atoms with Crippen molar-refractivity contribution in [3.05, 3.63) is 0 Å². The Morgan fingerprint density at radius 1 is 1.20 bits per heavy atom. The van der Waals surface area contributed by atoms with E-state index in [0.717, 1.165) is 45.1 Å². The molecule has 4 rings (SSSR count). The Bertz CT molecular complexity index is 363. The topological polar surface area (TPSA) is 50.7 Å². The molecule has 0 radical (unpaired) electrons. The van der Waals surface area contributed by atoms with Crippen LogP contribution in [0.15, 0.2) is 0 Å². The second-order valence-electron chi connectivity index (χ2n) is 7.47. The SMILES string of the molecule is OCCC1(CNC2C3CCOC3C23CCC3)CCOC1. The van der Waals surface area contributed by atoms with E-state index in [1.54, 1.807) is 0 Å². The van der Waals surface area contributed by atoms with Gasteiger partial charge in [-0.2, -0.15) is 0 Å². The van der Waals surface area contributed by atoms with Gasteiger partial charge in [-0.25, -0.2) is 0 Å². The summed E-state index contributed by atoms with van der Waals surface area (Å²) < 4.78 is 11.6. The molecule has 4 heteroatoms. The molecule has 0 amide bonds. The summed E-state index contributed by atoms with van der Waals surface area (Å²) in [5.41, 5.74) is 0.630. The molecule has 4 unspecified atom stereocenters. The molecule has 4 aliphatic rings. The first-order chi connectivity index (χ1) is 9.80. The zero-order valence-corrected chi connectivity index (χ0v) is 12.3. The van der Waals surface area contributed by atoms with Gasteiger partial charge in [-0.15, -0.1) is 0 Å². The molecule has 2 saturated carbocycles. The van der Waals surface area contributed by atoms with Gasteiger partial charge >= 0.3 is 0 Å². The highest BCUT2D eigenvalue weighted by molar-refractivity contribution is 5.18. The number of hydrogen-bond donors (Lipinski definition) is 2. The normalized spacial score (nSPS) is 45.1. The summed E-state index contributed by atoms with van der Waals surface area (Å²) in [4.78, 5) is 0. The molecule has 2 saturated heterocycles. The maximum Gasteiger partial charge on any atom is 0.0690 e. The van der Waals surface area contributed by atoms with Crippen LogP contribution in [0.4, 0.5) is 0 Å². The van der Waals surface area contributed by atoms with Crippen LogP contribution in [-0.4, -0.2) is 50.2 Å². The monoisotopic (exact) mass is 281 g/mol. The largest absolute Gasteiger partial charge is 0.396 e. The molecule has 0 aromatic heterocycles. The summed E-state index contributed by atoms with van der Waals surface area (Å²) in [6.45, 7) is 3.90. The van der Waals surface area contributed by atoms with E-state index in [-0.39, 0.29) is 12.0 Å². The zero-order chi connectivity index (χ0) is 13.6. The van der Waals surface area contributed by atoms with Crippen molar-refractivity contribution in [1.29, 1.82) is 0 Å². The molecule has 2 aliphatic carbocycles. The van der Waals surface area contributed by atoms with Crippen molar-refractivity contribution >= 4 is 0 Å². The van der Waals surface area contributed by atoms with E-state index in [1.165, 1.54) is 25.7 Å². The first-order valence-corrected chi connectivity index (χ1v) is 8.33. The molecule has 0 aromatic carbocycles. The van der Waals surface area contributed by atoms with Gasteiger partial charge in [0.25, 0.3) is 0 Å². The maximum absolute atomic E-state index is 9.34. The maximum atomic E-state index is 9.34. The Balaban J connectivity index is 1.41. The van der Waals surface area contributed by atoms with Crippen molar-refractivity contribution in [3.63, 3.8) is 0 Å². The predicted octanol–water partition coefficient (Wildman–Crippen LogP) is 1.32. The van der Waals surface area contributed by atoms with Gasteiger partial charge < -0.3 is 19.9 Å². The molecule has 114 valence electrons. The molecule has 2 N–H and O–H groups in total. The van der Waals surface area contributed by atoms with Crippen LogP contribution < -0.4 is 5.32 Å². The van der Waals surface area contributed by atoms with Crippen LogP contribution in [0.2, 0.25) is 0 Å². The smallest absolute Gasteiger partial charge is 0.0690 e. The second kappa shape index (κ2) is 4.94. The van der Waals surface area contributed by atoms with E-state index >= 15 is 0 Å². The molecular weight excluding hydrogens is 254 g/mol. The molecular formula is C16H27NO3. The molecule has 1 spiro atoms. The number of nitrogens with one attached hydrogen (secondary N) is 1. The first-order valence-electron chi connectivity index (χ1n) is 8.33. The van der Waals surface area contributed by atoms with Crippen LogP contribution in [0.5, 0.6) is 0 Å². The van der Waals surface area contributed by atoms with Crippen molar-refractivity contribution < 1.29 is 14.6 Å². The van der Waals surface area contributed by atoms with Gasteiger partial charge in [0.2, 0.25) is 0 Å². The molecule has 2 heterocycles. The van der Waals surface area contributed by atoms with Gasteiger partial charge in [-0.3, -0.25) is 0 Å². The lowest BCUT2D eigenvalue weighted by Gasteiger charge is -2.63. The number of aliphatic hydroxyl groups excluding tert-OH is 1. The minimum Gasteiger partial charge on any atom is -0.396 e. The second-order valence-corrected chi connectivity index (χ2v) is 7.47. The Labute approximate surface area is 121 Å². The summed E-state index contributed by atoms with van der Waals surface area (Å²) in [5.74, 6) is 0.740. The Morgan fingerprint density at radius 2 is 2.10 bits per heavy atom. The molecule has 0 bridgehead atoms. The highest BCUT2D eigenvalue weighted by Crippen LogP contribution is 2.62. The molecule has 20 heavy (non-hydrogen) atoms. The summed E-state index contributed by atoms with van der Waals surface area (Å²) >= 11 is 0. The predicted molar refractivity (Wildman–Crippen MR) is 75.5 cm³/mol. The number of rotatable bonds is 5. The quantitative estimate of drug-likeness (QED) is 0.798. The van der Waals surface area contributed by atoms with Crippen LogP contribution in [0, 0.1) is 16.7 Å². The number of ether oxygens (including phenoxy) is 2. The third-order valence-electron chi connectivity index (χ3n) is 6.56. The van der Waals surface area contributed by atoms with Gasteiger partial charge in [0.1, 0.15) is 0 Å². The fourth-order valence-corrected chi connectivity index (χ4v) is 5.20. The third-order valence-corrected chi connectivity index (χ3v) is 6.56. The third kappa shape index (κ3) is 1.81. The lowest BCUT2D eigenvalue weighted by atomic mass is 9.46. The Kier molecular flexibility index (Phi) is 3.33. The van der Waals surface area contributed by atoms with E-state index in [9.17, 15) is 5.11 Å². The highest BCUT2D eigenvalue weighted by Gasteiger charge is 2.66. The van der Waals surface area contributed by atoms with E-state index in [4.69, 9.17) is 9.47 Å². The Morgan fingerprint density at radius 3 is 2.75 bits per heavy atom. The minimum absolute atomic E-state index is 0.171. The average molecular weight is 281 g/mol. The van der Waals surface area contributed by atoms with Gasteiger partial charge in [-0.1, -0.05) is 6.42 Å². The lowest BCUT2D eigenvalue weighted by molar-refractivity contribution is -0.177. The van der Waals surface area contributed by atoms with Gasteiger partial charge in [0, 0.05) is 49.2 Å². The van der Waals surface area contributed by atoms with E-state index in [0.29, 0.717) is 17.6 Å². The van der Waals surface area contributed by atoms with Crippen molar-refractivity contribution in [2.45, 2.75) is 50.7 Å². The number of aliphatic hydroxyl groups is 1.